The minimum atomic E-state index is 0.0535. The first-order valence-electron chi connectivity index (χ1n) is 13.5. The second-order valence-electron chi connectivity index (χ2n) is 10.8. The van der Waals surface area contributed by atoms with E-state index < -0.39 is 0 Å². The molecule has 1 fully saturated rings. The monoisotopic (exact) mass is 505 g/mol. The van der Waals surface area contributed by atoms with Gasteiger partial charge in [0.05, 0.1) is 0 Å². The molecule has 1 aliphatic heterocycles. The molecular formula is C32H35N5O. The molecule has 6 heteroatoms. The van der Waals surface area contributed by atoms with Crippen LogP contribution in [0.15, 0.2) is 73.1 Å². The number of piperidine rings is 1. The smallest absolute Gasteiger partial charge is 0.253 e. The standard InChI is InChI=1S/C32H35N5O/c1-21(37-17-13-23(14-18-37)22-5-7-24(8-6-22)32(38)35(2)3)30-20-28-27(12-16-34-31(28)36(30)4)25-9-10-29-26(19-25)11-15-33-29/h5-12,15-16,19-21,23,33H,13-14,17-18H2,1-4H3/t21-/m0/s1. The minimum absolute atomic E-state index is 0.0535. The summed E-state index contributed by atoms with van der Waals surface area (Å²) in [6, 6.07) is 21.7. The molecule has 0 bridgehead atoms. The van der Waals surface area contributed by atoms with E-state index in [2.05, 4.69) is 77.0 Å². The number of aromatic amines is 1. The van der Waals surface area contributed by atoms with Crippen LogP contribution >= 0.6 is 0 Å². The van der Waals surface area contributed by atoms with Crippen molar-refractivity contribution in [2.24, 2.45) is 7.05 Å². The van der Waals surface area contributed by atoms with Crippen molar-refractivity contribution in [3.63, 3.8) is 0 Å². The first kappa shape index (κ1) is 24.4. The Labute approximate surface area is 223 Å². The molecule has 1 amide bonds. The third-order valence-corrected chi connectivity index (χ3v) is 8.37. The van der Waals surface area contributed by atoms with Gasteiger partial charge < -0.3 is 14.5 Å². The Balaban J connectivity index is 1.20. The van der Waals surface area contributed by atoms with Crippen LogP contribution in [-0.2, 0) is 7.05 Å². The van der Waals surface area contributed by atoms with E-state index in [-0.39, 0.29) is 5.91 Å². The van der Waals surface area contributed by atoms with Gasteiger partial charge in [-0.1, -0.05) is 18.2 Å². The molecule has 0 aliphatic carbocycles. The van der Waals surface area contributed by atoms with Crippen molar-refractivity contribution in [3.8, 4) is 11.1 Å². The van der Waals surface area contributed by atoms with Crippen LogP contribution in [0.2, 0.25) is 0 Å². The number of carbonyl (C=O) groups excluding carboxylic acids is 1. The van der Waals surface area contributed by atoms with Crippen LogP contribution in [0, 0.1) is 0 Å². The molecule has 194 valence electrons. The highest BCUT2D eigenvalue weighted by molar-refractivity contribution is 5.96. The number of likely N-dealkylation sites (tertiary alicyclic amines) is 1. The topological polar surface area (TPSA) is 57.2 Å². The fourth-order valence-corrected chi connectivity index (χ4v) is 6.08. The van der Waals surface area contributed by atoms with Gasteiger partial charge in [-0.25, -0.2) is 4.98 Å². The van der Waals surface area contributed by atoms with Crippen LogP contribution in [0.25, 0.3) is 33.1 Å². The Kier molecular flexibility index (Phi) is 6.28. The van der Waals surface area contributed by atoms with Crippen molar-refractivity contribution in [3.05, 3.63) is 89.9 Å². The van der Waals surface area contributed by atoms with Crippen molar-refractivity contribution in [1.82, 2.24) is 24.3 Å². The first-order chi connectivity index (χ1) is 18.4. The number of benzene rings is 2. The molecular weight excluding hydrogens is 470 g/mol. The Bertz CT molecular complexity index is 1600. The molecule has 38 heavy (non-hydrogen) atoms. The molecule has 6 nitrogen and oxygen atoms in total. The Morgan fingerprint density at radius 2 is 1.79 bits per heavy atom. The number of amides is 1. The van der Waals surface area contributed by atoms with E-state index in [1.807, 2.05) is 24.5 Å². The lowest BCUT2D eigenvalue weighted by Crippen LogP contribution is -2.35. The zero-order chi connectivity index (χ0) is 26.4. The van der Waals surface area contributed by atoms with Crippen LogP contribution < -0.4 is 0 Å². The molecule has 1 aliphatic rings. The third-order valence-electron chi connectivity index (χ3n) is 8.37. The molecule has 1 atom stereocenters. The maximum absolute atomic E-state index is 12.2. The van der Waals surface area contributed by atoms with Gasteiger partial charge in [-0.05, 0) is 103 Å². The second-order valence-corrected chi connectivity index (χ2v) is 10.8. The van der Waals surface area contributed by atoms with Gasteiger partial charge in [0, 0.05) is 61.7 Å². The number of carbonyl (C=O) groups is 1. The van der Waals surface area contributed by atoms with E-state index in [0.29, 0.717) is 12.0 Å². The van der Waals surface area contributed by atoms with Crippen molar-refractivity contribution >= 4 is 27.8 Å². The number of hydrogen-bond acceptors (Lipinski definition) is 3. The van der Waals surface area contributed by atoms with Gasteiger partial charge in [-0.3, -0.25) is 9.69 Å². The number of nitrogens with one attached hydrogen (secondary N) is 1. The third kappa shape index (κ3) is 4.29. The van der Waals surface area contributed by atoms with Gasteiger partial charge in [-0.15, -0.1) is 0 Å². The number of fused-ring (bicyclic) bond motifs is 2. The summed E-state index contributed by atoms with van der Waals surface area (Å²) in [6.45, 7) is 4.42. The predicted octanol–water partition coefficient (Wildman–Crippen LogP) is 6.36. The molecule has 1 saturated heterocycles. The molecule has 0 radical (unpaired) electrons. The fourth-order valence-electron chi connectivity index (χ4n) is 6.08. The molecule has 5 aromatic rings. The zero-order valence-electron chi connectivity index (χ0n) is 22.6. The fraction of sp³-hybridized carbons (Fsp3) is 0.312. The number of H-pyrrole nitrogens is 1. The van der Waals surface area contributed by atoms with Gasteiger partial charge in [0.15, 0.2) is 0 Å². The van der Waals surface area contributed by atoms with Gasteiger partial charge >= 0.3 is 0 Å². The summed E-state index contributed by atoms with van der Waals surface area (Å²) in [7, 11) is 5.73. The second kappa shape index (κ2) is 9.76. The lowest BCUT2D eigenvalue weighted by Gasteiger charge is -2.36. The molecule has 3 aromatic heterocycles. The Morgan fingerprint density at radius 1 is 1.03 bits per heavy atom. The maximum Gasteiger partial charge on any atom is 0.253 e. The van der Waals surface area contributed by atoms with Crippen LogP contribution in [0.3, 0.4) is 0 Å². The number of rotatable bonds is 5. The van der Waals surface area contributed by atoms with E-state index >= 15 is 0 Å². The van der Waals surface area contributed by atoms with Crippen LogP contribution in [-0.4, -0.2) is 57.4 Å². The minimum Gasteiger partial charge on any atom is -0.361 e. The Hall–Kier alpha value is -3.90. The van der Waals surface area contributed by atoms with Gasteiger partial charge in [-0.2, -0.15) is 0 Å². The van der Waals surface area contributed by atoms with Crippen molar-refractivity contribution < 1.29 is 4.79 Å². The quantitative estimate of drug-likeness (QED) is 0.302. The highest BCUT2D eigenvalue weighted by atomic mass is 16.2. The summed E-state index contributed by atoms with van der Waals surface area (Å²) < 4.78 is 2.27. The van der Waals surface area contributed by atoms with Gasteiger partial charge in [0.2, 0.25) is 0 Å². The molecule has 0 spiro atoms. The number of aryl methyl sites for hydroxylation is 1. The summed E-state index contributed by atoms with van der Waals surface area (Å²) in [5.41, 5.74) is 8.01. The van der Waals surface area contributed by atoms with E-state index in [1.54, 1.807) is 19.0 Å². The van der Waals surface area contributed by atoms with Crippen LogP contribution in [0.5, 0.6) is 0 Å². The van der Waals surface area contributed by atoms with Crippen LogP contribution in [0.4, 0.5) is 0 Å². The lowest BCUT2D eigenvalue weighted by molar-refractivity contribution is 0.0827. The highest BCUT2D eigenvalue weighted by Crippen LogP contribution is 2.36. The average Bonchev–Trinajstić information content (AvgIpc) is 3.56. The molecule has 0 unspecified atom stereocenters. The SMILES string of the molecule is C[C@@H](c1cc2c(-c3ccc4[nH]ccc4c3)ccnc2n1C)N1CCC(c2ccc(C(=O)N(C)C)cc2)CC1. The number of aromatic nitrogens is 3. The maximum atomic E-state index is 12.2. The average molecular weight is 506 g/mol. The molecule has 2 aromatic carbocycles. The number of hydrogen-bond donors (Lipinski definition) is 1. The lowest BCUT2D eigenvalue weighted by atomic mass is 9.88. The molecule has 0 saturated carbocycles. The summed E-state index contributed by atoms with van der Waals surface area (Å²) in [4.78, 5) is 24.5. The summed E-state index contributed by atoms with van der Waals surface area (Å²) in [5, 5.41) is 2.42. The molecule has 4 heterocycles. The van der Waals surface area contributed by atoms with Gasteiger partial charge in [0.25, 0.3) is 5.91 Å². The predicted molar refractivity (Wildman–Crippen MR) is 154 cm³/mol. The van der Waals surface area contributed by atoms with E-state index in [4.69, 9.17) is 4.98 Å². The number of nitrogens with zero attached hydrogens (tertiary/aromatic N) is 4. The molecule has 1 N–H and O–H groups in total. The van der Waals surface area contributed by atoms with E-state index in [9.17, 15) is 4.79 Å². The number of pyridine rings is 1. The first-order valence-corrected chi connectivity index (χ1v) is 13.5. The van der Waals surface area contributed by atoms with E-state index in [0.717, 1.165) is 42.7 Å². The normalized spacial score (nSPS) is 15.8. The summed E-state index contributed by atoms with van der Waals surface area (Å²) in [5.74, 6) is 0.587. The highest BCUT2D eigenvalue weighted by Gasteiger charge is 2.27. The van der Waals surface area contributed by atoms with Gasteiger partial charge in [0.1, 0.15) is 5.65 Å². The van der Waals surface area contributed by atoms with E-state index in [1.165, 1.54) is 33.2 Å². The zero-order valence-corrected chi connectivity index (χ0v) is 22.6. The summed E-state index contributed by atoms with van der Waals surface area (Å²) in [6.07, 6.45) is 6.16. The Morgan fingerprint density at radius 3 is 2.53 bits per heavy atom. The van der Waals surface area contributed by atoms with Crippen molar-refractivity contribution in [2.75, 3.05) is 27.2 Å². The summed E-state index contributed by atoms with van der Waals surface area (Å²) >= 11 is 0. The van der Waals surface area contributed by atoms with Crippen LogP contribution in [0.1, 0.15) is 53.3 Å². The van der Waals surface area contributed by atoms with Crippen molar-refractivity contribution in [1.29, 1.82) is 0 Å². The molecule has 6 rings (SSSR count). The largest absolute Gasteiger partial charge is 0.361 e. The van der Waals surface area contributed by atoms with Crippen molar-refractivity contribution in [2.45, 2.75) is 31.7 Å².